The molecule has 1 rings (SSSR count). The smallest absolute Gasteiger partial charge is 0.211 e. The summed E-state index contributed by atoms with van der Waals surface area (Å²) in [4.78, 5) is 11.6. The molecule has 0 saturated carbocycles. The fraction of sp³-hybridized carbons (Fsp3) is 0.300. The van der Waals surface area contributed by atoms with E-state index in [2.05, 4.69) is 0 Å². The molecule has 0 saturated heterocycles. The number of hydrogen-bond acceptors (Lipinski definition) is 2. The van der Waals surface area contributed by atoms with Crippen molar-refractivity contribution in [3.63, 3.8) is 0 Å². The second-order valence-corrected chi connectivity index (χ2v) is 2.83. The maximum absolute atomic E-state index is 10.2. The van der Waals surface area contributed by atoms with Crippen LogP contribution in [0.2, 0.25) is 0 Å². The van der Waals surface area contributed by atoms with Crippen LogP contribution >= 0.6 is 0 Å². The summed E-state index contributed by atoms with van der Waals surface area (Å²) in [6, 6.07) is 9.85. The van der Waals surface area contributed by atoms with Crippen LogP contribution in [0.15, 0.2) is 30.3 Å². The summed E-state index contributed by atoms with van der Waals surface area (Å²) >= 11 is 0. The molecule has 1 amide bonds. The van der Waals surface area contributed by atoms with Crippen molar-refractivity contribution in [2.45, 2.75) is 6.61 Å². The van der Waals surface area contributed by atoms with Gasteiger partial charge in [-0.05, 0) is 5.56 Å². The molecule has 0 aromatic heterocycles. The first kappa shape index (κ1) is 9.74. The normalized spacial score (nSPS) is 9.62. The minimum atomic E-state index is 0.332. The van der Waals surface area contributed by atoms with Crippen LogP contribution < -0.4 is 0 Å². The van der Waals surface area contributed by atoms with E-state index in [1.54, 1.807) is 7.05 Å². The Bertz CT molecular complexity index is 248. The average molecular weight is 179 g/mol. The van der Waals surface area contributed by atoms with Gasteiger partial charge in [0.05, 0.1) is 6.61 Å². The first-order chi connectivity index (χ1) is 6.33. The van der Waals surface area contributed by atoms with Gasteiger partial charge in [0.15, 0.2) is 0 Å². The highest BCUT2D eigenvalue weighted by atomic mass is 16.5. The van der Waals surface area contributed by atoms with Crippen LogP contribution in [0.1, 0.15) is 5.56 Å². The number of carbonyl (C=O) groups is 1. The molecular formula is C10H13NO2. The van der Waals surface area contributed by atoms with E-state index in [-0.39, 0.29) is 0 Å². The van der Waals surface area contributed by atoms with E-state index in [1.165, 1.54) is 4.90 Å². The molecule has 0 N–H and O–H groups in total. The monoisotopic (exact) mass is 179 g/mol. The van der Waals surface area contributed by atoms with Crippen LogP contribution in [0.4, 0.5) is 0 Å². The number of hydrogen-bond donors (Lipinski definition) is 0. The Hall–Kier alpha value is -1.35. The van der Waals surface area contributed by atoms with Gasteiger partial charge in [0.1, 0.15) is 6.73 Å². The van der Waals surface area contributed by atoms with Gasteiger partial charge in [-0.15, -0.1) is 0 Å². The summed E-state index contributed by atoms with van der Waals surface area (Å²) in [5, 5.41) is 0. The molecule has 0 heterocycles. The summed E-state index contributed by atoms with van der Waals surface area (Å²) in [7, 11) is 1.68. The van der Waals surface area contributed by atoms with Gasteiger partial charge >= 0.3 is 0 Å². The molecule has 0 aliphatic rings. The van der Waals surface area contributed by atoms with E-state index in [0.29, 0.717) is 13.3 Å². The summed E-state index contributed by atoms with van der Waals surface area (Å²) in [6.07, 6.45) is 0.741. The molecule has 0 spiro atoms. The first-order valence-corrected chi connectivity index (χ1v) is 4.10. The Kier molecular flexibility index (Phi) is 3.99. The Morgan fingerprint density at radius 1 is 1.38 bits per heavy atom. The SMILES string of the molecule is CN(C=O)COCc1ccccc1. The highest BCUT2D eigenvalue weighted by Crippen LogP contribution is 1.99. The van der Waals surface area contributed by atoms with Gasteiger partial charge in [0.2, 0.25) is 6.41 Å². The van der Waals surface area contributed by atoms with Crippen LogP contribution in [-0.4, -0.2) is 25.1 Å². The van der Waals surface area contributed by atoms with Crippen molar-refractivity contribution in [1.82, 2.24) is 4.90 Å². The highest BCUT2D eigenvalue weighted by Gasteiger charge is 1.93. The minimum absolute atomic E-state index is 0.332. The summed E-state index contributed by atoms with van der Waals surface area (Å²) in [5.41, 5.74) is 1.11. The topological polar surface area (TPSA) is 29.5 Å². The Balaban J connectivity index is 2.24. The predicted molar refractivity (Wildman–Crippen MR) is 49.9 cm³/mol. The Morgan fingerprint density at radius 2 is 2.08 bits per heavy atom. The second kappa shape index (κ2) is 5.32. The summed E-state index contributed by atoms with van der Waals surface area (Å²) in [5.74, 6) is 0. The van der Waals surface area contributed by atoms with Gasteiger partial charge in [0, 0.05) is 7.05 Å². The molecule has 3 heteroatoms. The average Bonchev–Trinajstić information content (AvgIpc) is 2.19. The molecule has 0 aliphatic heterocycles. The molecule has 0 fully saturated rings. The third-order valence-electron chi connectivity index (χ3n) is 1.59. The van der Waals surface area contributed by atoms with Crippen molar-refractivity contribution in [3.8, 4) is 0 Å². The zero-order chi connectivity index (χ0) is 9.52. The number of rotatable bonds is 5. The maximum Gasteiger partial charge on any atom is 0.211 e. The molecular weight excluding hydrogens is 166 g/mol. The van der Waals surface area contributed by atoms with Crippen molar-refractivity contribution in [1.29, 1.82) is 0 Å². The molecule has 0 atom stereocenters. The first-order valence-electron chi connectivity index (χ1n) is 4.10. The van der Waals surface area contributed by atoms with Crippen molar-refractivity contribution >= 4 is 6.41 Å². The molecule has 13 heavy (non-hydrogen) atoms. The number of nitrogens with zero attached hydrogens (tertiary/aromatic N) is 1. The predicted octanol–water partition coefficient (Wildman–Crippen LogP) is 1.25. The van der Waals surface area contributed by atoms with Gasteiger partial charge in [-0.3, -0.25) is 4.79 Å². The van der Waals surface area contributed by atoms with Crippen molar-refractivity contribution in [2.24, 2.45) is 0 Å². The zero-order valence-corrected chi connectivity index (χ0v) is 7.64. The number of carbonyl (C=O) groups excluding carboxylic acids is 1. The lowest BCUT2D eigenvalue weighted by atomic mass is 10.2. The van der Waals surface area contributed by atoms with Gasteiger partial charge in [-0.1, -0.05) is 30.3 Å². The number of ether oxygens (including phenoxy) is 1. The number of amides is 1. The van der Waals surface area contributed by atoms with Gasteiger partial charge in [-0.2, -0.15) is 0 Å². The Morgan fingerprint density at radius 3 is 2.69 bits per heavy atom. The molecule has 1 aromatic carbocycles. The second-order valence-electron chi connectivity index (χ2n) is 2.83. The highest BCUT2D eigenvalue weighted by molar-refractivity contribution is 5.45. The quantitative estimate of drug-likeness (QED) is 0.503. The fourth-order valence-electron chi connectivity index (χ4n) is 0.912. The van der Waals surface area contributed by atoms with E-state index in [9.17, 15) is 4.79 Å². The van der Waals surface area contributed by atoms with Crippen molar-refractivity contribution in [3.05, 3.63) is 35.9 Å². The van der Waals surface area contributed by atoms with E-state index < -0.39 is 0 Å². The van der Waals surface area contributed by atoms with Crippen LogP contribution in [0, 0.1) is 0 Å². The molecule has 0 bridgehead atoms. The molecule has 0 unspecified atom stereocenters. The van der Waals surface area contributed by atoms with E-state index in [1.807, 2.05) is 30.3 Å². The van der Waals surface area contributed by atoms with Gasteiger partial charge in [-0.25, -0.2) is 0 Å². The summed E-state index contributed by atoms with van der Waals surface area (Å²) in [6.45, 7) is 0.872. The maximum atomic E-state index is 10.2. The van der Waals surface area contributed by atoms with Crippen LogP contribution in [-0.2, 0) is 16.1 Å². The lowest BCUT2D eigenvalue weighted by Gasteiger charge is -2.10. The lowest BCUT2D eigenvalue weighted by Crippen LogP contribution is -2.19. The Labute approximate surface area is 77.9 Å². The van der Waals surface area contributed by atoms with E-state index in [0.717, 1.165) is 12.0 Å². The van der Waals surface area contributed by atoms with Crippen LogP contribution in [0.3, 0.4) is 0 Å². The molecule has 0 aliphatic carbocycles. The standard InChI is InChI=1S/C10H13NO2/c1-11(8-12)9-13-7-10-5-3-2-4-6-10/h2-6,8H,7,9H2,1H3. The molecule has 0 radical (unpaired) electrons. The van der Waals surface area contributed by atoms with Crippen LogP contribution in [0.5, 0.6) is 0 Å². The largest absolute Gasteiger partial charge is 0.356 e. The molecule has 1 aromatic rings. The lowest BCUT2D eigenvalue weighted by molar-refractivity contribution is -0.121. The van der Waals surface area contributed by atoms with Crippen LogP contribution in [0.25, 0.3) is 0 Å². The molecule has 3 nitrogen and oxygen atoms in total. The number of benzene rings is 1. The van der Waals surface area contributed by atoms with E-state index >= 15 is 0 Å². The minimum Gasteiger partial charge on any atom is -0.356 e. The fourth-order valence-corrected chi connectivity index (χ4v) is 0.912. The van der Waals surface area contributed by atoms with Crippen molar-refractivity contribution < 1.29 is 9.53 Å². The zero-order valence-electron chi connectivity index (χ0n) is 7.64. The third-order valence-corrected chi connectivity index (χ3v) is 1.59. The van der Waals surface area contributed by atoms with Gasteiger partial charge < -0.3 is 9.64 Å². The summed E-state index contributed by atoms with van der Waals surface area (Å²) < 4.78 is 5.27. The molecule has 70 valence electrons. The van der Waals surface area contributed by atoms with E-state index in [4.69, 9.17) is 4.74 Å². The third kappa shape index (κ3) is 3.71. The van der Waals surface area contributed by atoms with Gasteiger partial charge in [0.25, 0.3) is 0 Å². The van der Waals surface area contributed by atoms with Crippen molar-refractivity contribution in [2.75, 3.05) is 13.8 Å².